The molecule has 0 bridgehead atoms. The number of carbonyl (C=O) groups is 2. The Morgan fingerprint density at radius 2 is 1.67 bits per heavy atom. The van der Waals surface area contributed by atoms with Crippen molar-refractivity contribution in [2.75, 3.05) is 19.6 Å². The van der Waals surface area contributed by atoms with Gasteiger partial charge in [0.1, 0.15) is 0 Å². The Bertz CT molecular complexity index is 707. The summed E-state index contributed by atoms with van der Waals surface area (Å²) in [6.45, 7) is 4.91. The molecule has 0 atom stereocenters. The zero-order chi connectivity index (χ0) is 17.6. The maximum Gasteiger partial charge on any atom is 0.309 e. The molecule has 1 aliphatic heterocycles. The fourth-order valence-electron chi connectivity index (χ4n) is 2.36. The SMILES string of the molecule is C=CCNC(=O)C(=O)NCc1ccc(S(=O)(=O)N2CCCC2)cc1. The van der Waals surface area contributed by atoms with Crippen molar-refractivity contribution in [3.05, 3.63) is 42.5 Å². The molecule has 1 aromatic carbocycles. The predicted molar refractivity (Wildman–Crippen MR) is 89.5 cm³/mol. The summed E-state index contributed by atoms with van der Waals surface area (Å²) in [5.41, 5.74) is 0.709. The molecule has 2 amide bonds. The van der Waals surface area contributed by atoms with E-state index in [1.54, 1.807) is 12.1 Å². The maximum absolute atomic E-state index is 12.4. The first-order valence-electron chi connectivity index (χ1n) is 7.71. The van der Waals surface area contributed by atoms with E-state index in [0.717, 1.165) is 12.8 Å². The summed E-state index contributed by atoms with van der Waals surface area (Å²) in [5, 5.41) is 4.85. The van der Waals surface area contributed by atoms with Gasteiger partial charge in [0.2, 0.25) is 10.0 Å². The third kappa shape index (κ3) is 4.42. The van der Waals surface area contributed by atoms with Crippen LogP contribution in [0.4, 0.5) is 0 Å². The van der Waals surface area contributed by atoms with Gasteiger partial charge in [0.25, 0.3) is 0 Å². The van der Waals surface area contributed by atoms with E-state index in [-0.39, 0.29) is 18.0 Å². The molecule has 24 heavy (non-hydrogen) atoms. The molecule has 2 rings (SSSR count). The number of nitrogens with zero attached hydrogens (tertiary/aromatic N) is 1. The van der Waals surface area contributed by atoms with Crippen molar-refractivity contribution < 1.29 is 18.0 Å². The number of nitrogens with one attached hydrogen (secondary N) is 2. The van der Waals surface area contributed by atoms with E-state index in [0.29, 0.717) is 18.7 Å². The quantitative estimate of drug-likeness (QED) is 0.572. The summed E-state index contributed by atoms with van der Waals surface area (Å²) in [5.74, 6) is -1.48. The standard InChI is InChI=1S/C16H21N3O4S/c1-2-9-17-15(20)16(21)18-12-13-5-7-14(8-6-13)24(22,23)19-10-3-4-11-19/h2,5-8H,1,3-4,9-12H2,(H,17,20)(H,18,21). The minimum atomic E-state index is -3.44. The van der Waals surface area contributed by atoms with Gasteiger partial charge in [0.15, 0.2) is 0 Å². The molecule has 0 aromatic heterocycles. The lowest BCUT2D eigenvalue weighted by Crippen LogP contribution is -2.39. The smallest absolute Gasteiger partial charge is 0.309 e. The Labute approximate surface area is 141 Å². The van der Waals surface area contributed by atoms with E-state index in [2.05, 4.69) is 17.2 Å². The molecular weight excluding hydrogens is 330 g/mol. The highest BCUT2D eigenvalue weighted by Crippen LogP contribution is 2.20. The number of carbonyl (C=O) groups excluding carboxylic acids is 2. The molecule has 1 fully saturated rings. The van der Waals surface area contributed by atoms with Crippen LogP contribution in [0, 0.1) is 0 Å². The number of benzene rings is 1. The van der Waals surface area contributed by atoms with Crippen LogP contribution in [0.2, 0.25) is 0 Å². The number of hydrogen-bond acceptors (Lipinski definition) is 4. The average Bonchev–Trinajstić information content (AvgIpc) is 3.13. The van der Waals surface area contributed by atoms with Gasteiger partial charge in [-0.15, -0.1) is 6.58 Å². The lowest BCUT2D eigenvalue weighted by Gasteiger charge is -2.15. The number of rotatable bonds is 6. The van der Waals surface area contributed by atoms with E-state index in [4.69, 9.17) is 0 Å². The predicted octanol–water partition coefficient (Wildman–Crippen LogP) is 0.390. The first-order chi connectivity index (χ1) is 11.4. The van der Waals surface area contributed by atoms with Crippen molar-refractivity contribution >= 4 is 21.8 Å². The van der Waals surface area contributed by atoms with Crippen molar-refractivity contribution in [2.45, 2.75) is 24.3 Å². The highest BCUT2D eigenvalue weighted by Gasteiger charge is 2.26. The second-order valence-corrected chi connectivity index (χ2v) is 7.37. The minimum Gasteiger partial charge on any atom is -0.344 e. The summed E-state index contributed by atoms with van der Waals surface area (Å²) in [4.78, 5) is 23.2. The van der Waals surface area contributed by atoms with Gasteiger partial charge in [-0.05, 0) is 30.5 Å². The van der Waals surface area contributed by atoms with Gasteiger partial charge in [-0.1, -0.05) is 18.2 Å². The molecule has 1 aromatic rings. The summed E-state index contributed by atoms with van der Waals surface area (Å²) < 4.78 is 26.3. The van der Waals surface area contributed by atoms with Crippen LogP contribution < -0.4 is 10.6 Å². The third-order valence-corrected chi connectivity index (χ3v) is 5.61. The van der Waals surface area contributed by atoms with E-state index < -0.39 is 21.8 Å². The van der Waals surface area contributed by atoms with Crippen LogP contribution in [0.3, 0.4) is 0 Å². The molecule has 1 heterocycles. The summed E-state index contributed by atoms with van der Waals surface area (Å²) in [7, 11) is -3.44. The number of amides is 2. The van der Waals surface area contributed by atoms with Crippen LogP contribution in [-0.4, -0.2) is 44.2 Å². The topological polar surface area (TPSA) is 95.6 Å². The molecule has 0 aliphatic carbocycles. The zero-order valence-corrected chi connectivity index (χ0v) is 14.1. The van der Waals surface area contributed by atoms with Gasteiger partial charge in [-0.3, -0.25) is 9.59 Å². The minimum absolute atomic E-state index is 0.143. The largest absolute Gasteiger partial charge is 0.344 e. The molecule has 0 radical (unpaired) electrons. The maximum atomic E-state index is 12.4. The van der Waals surface area contributed by atoms with Crippen LogP contribution in [-0.2, 0) is 26.2 Å². The zero-order valence-electron chi connectivity index (χ0n) is 13.3. The van der Waals surface area contributed by atoms with E-state index in [1.165, 1.54) is 22.5 Å². The third-order valence-electron chi connectivity index (χ3n) is 3.69. The Morgan fingerprint density at radius 1 is 1.08 bits per heavy atom. The van der Waals surface area contributed by atoms with E-state index >= 15 is 0 Å². The molecule has 8 heteroatoms. The number of sulfonamides is 1. The summed E-state index contributed by atoms with van der Waals surface area (Å²) in [6.07, 6.45) is 3.25. The van der Waals surface area contributed by atoms with Crippen molar-refractivity contribution in [3.63, 3.8) is 0 Å². The second-order valence-electron chi connectivity index (χ2n) is 5.44. The van der Waals surface area contributed by atoms with Crippen LogP contribution in [0.15, 0.2) is 41.8 Å². The van der Waals surface area contributed by atoms with Gasteiger partial charge in [0, 0.05) is 26.2 Å². The monoisotopic (exact) mass is 351 g/mol. The molecule has 7 nitrogen and oxygen atoms in total. The molecular formula is C16H21N3O4S. The average molecular weight is 351 g/mol. The first-order valence-corrected chi connectivity index (χ1v) is 9.15. The molecule has 0 saturated carbocycles. The van der Waals surface area contributed by atoms with Crippen LogP contribution in [0.5, 0.6) is 0 Å². The highest BCUT2D eigenvalue weighted by molar-refractivity contribution is 7.89. The van der Waals surface area contributed by atoms with Gasteiger partial charge in [-0.25, -0.2) is 8.42 Å². The molecule has 0 unspecified atom stereocenters. The Morgan fingerprint density at radius 3 is 2.25 bits per heavy atom. The van der Waals surface area contributed by atoms with Crippen molar-refractivity contribution in [1.82, 2.24) is 14.9 Å². The van der Waals surface area contributed by atoms with Gasteiger partial charge < -0.3 is 10.6 Å². The first kappa shape index (κ1) is 18.2. The molecule has 2 N–H and O–H groups in total. The van der Waals surface area contributed by atoms with Crippen molar-refractivity contribution in [3.8, 4) is 0 Å². The van der Waals surface area contributed by atoms with E-state index in [9.17, 15) is 18.0 Å². The van der Waals surface area contributed by atoms with Gasteiger partial charge >= 0.3 is 11.8 Å². The van der Waals surface area contributed by atoms with Crippen LogP contribution in [0.1, 0.15) is 18.4 Å². The molecule has 130 valence electrons. The fourth-order valence-corrected chi connectivity index (χ4v) is 3.88. The number of hydrogen-bond donors (Lipinski definition) is 2. The highest BCUT2D eigenvalue weighted by atomic mass is 32.2. The Kier molecular flexibility index (Phi) is 6.10. The Hall–Kier alpha value is -2.19. The van der Waals surface area contributed by atoms with Crippen LogP contribution >= 0.6 is 0 Å². The lowest BCUT2D eigenvalue weighted by molar-refractivity contribution is -0.139. The fraction of sp³-hybridized carbons (Fsp3) is 0.375. The second kappa shape index (κ2) is 8.07. The molecule has 1 saturated heterocycles. The van der Waals surface area contributed by atoms with Gasteiger partial charge in [-0.2, -0.15) is 4.31 Å². The summed E-state index contributed by atoms with van der Waals surface area (Å²) >= 11 is 0. The van der Waals surface area contributed by atoms with Crippen molar-refractivity contribution in [1.29, 1.82) is 0 Å². The normalized spacial score (nSPS) is 15.0. The Balaban J connectivity index is 1.93. The lowest BCUT2D eigenvalue weighted by atomic mass is 10.2. The van der Waals surface area contributed by atoms with Gasteiger partial charge in [0.05, 0.1) is 4.90 Å². The van der Waals surface area contributed by atoms with Crippen molar-refractivity contribution in [2.24, 2.45) is 0 Å². The molecule has 0 spiro atoms. The van der Waals surface area contributed by atoms with Crippen LogP contribution in [0.25, 0.3) is 0 Å². The molecule has 1 aliphatic rings. The summed E-state index contributed by atoms with van der Waals surface area (Å²) in [6, 6.07) is 6.30. The van der Waals surface area contributed by atoms with E-state index in [1.807, 2.05) is 0 Å².